The van der Waals surface area contributed by atoms with E-state index < -0.39 is 29.6 Å². The Morgan fingerprint density at radius 3 is 2.46 bits per heavy atom. The van der Waals surface area contributed by atoms with Gasteiger partial charge in [-0.15, -0.1) is 0 Å². The highest BCUT2D eigenvalue weighted by atomic mass is 79.9. The van der Waals surface area contributed by atoms with E-state index >= 15 is 0 Å². The minimum atomic E-state index is -4.73. The van der Waals surface area contributed by atoms with Crippen LogP contribution >= 0.6 is 15.9 Å². The van der Waals surface area contributed by atoms with E-state index in [9.17, 15) is 22.0 Å². The molecule has 15 heteroatoms. The minimum absolute atomic E-state index is 0.139. The summed E-state index contributed by atoms with van der Waals surface area (Å²) >= 11 is 3.45. The molecular formula is C22H19BrF5N9. The van der Waals surface area contributed by atoms with Crippen LogP contribution in [-0.4, -0.2) is 27.1 Å². The molecule has 2 aromatic heterocycles. The maximum Gasteiger partial charge on any atom is 0.451 e. The number of hydrogen-bond acceptors (Lipinski definition) is 6. The van der Waals surface area contributed by atoms with Crippen LogP contribution in [-0.2, 0) is 6.18 Å². The van der Waals surface area contributed by atoms with E-state index in [0.29, 0.717) is 22.9 Å². The molecule has 37 heavy (non-hydrogen) atoms. The summed E-state index contributed by atoms with van der Waals surface area (Å²) in [4.78, 5) is 13.6. The van der Waals surface area contributed by atoms with Gasteiger partial charge in [-0.2, -0.15) is 18.3 Å². The van der Waals surface area contributed by atoms with Crippen LogP contribution in [0.2, 0.25) is 0 Å². The number of allylic oxidation sites excluding steroid dienone is 1. The monoisotopic (exact) mass is 583 g/mol. The minimum Gasteiger partial charge on any atom is -0.382 e. The average molecular weight is 584 g/mol. The van der Waals surface area contributed by atoms with E-state index in [2.05, 4.69) is 46.3 Å². The van der Waals surface area contributed by atoms with Crippen LogP contribution < -0.4 is 11.1 Å². The second kappa shape index (κ2) is 11.4. The van der Waals surface area contributed by atoms with Crippen LogP contribution in [0, 0.1) is 22.6 Å². The number of nitrogens with zero attached hydrogens (tertiary/aromatic N) is 4. The van der Waals surface area contributed by atoms with Gasteiger partial charge >= 0.3 is 6.18 Å². The zero-order valence-electron chi connectivity index (χ0n) is 19.0. The Balaban J connectivity index is 2.10. The number of benzene rings is 1. The van der Waals surface area contributed by atoms with Gasteiger partial charge in [-0.25, -0.2) is 29.3 Å². The number of nitrogens with one attached hydrogen (secondary N) is 4. The van der Waals surface area contributed by atoms with Gasteiger partial charge in [-0.3, -0.25) is 5.41 Å². The van der Waals surface area contributed by atoms with Gasteiger partial charge in [0.05, 0.1) is 11.4 Å². The molecule has 0 aliphatic carbocycles. The van der Waals surface area contributed by atoms with Crippen LogP contribution in [0.1, 0.15) is 36.5 Å². The fourth-order valence-corrected chi connectivity index (χ4v) is 4.26. The topological polar surface area (TPSA) is 152 Å². The van der Waals surface area contributed by atoms with Gasteiger partial charge in [-0.1, -0.05) is 6.92 Å². The van der Waals surface area contributed by atoms with E-state index in [4.69, 9.17) is 16.7 Å². The average Bonchev–Trinajstić information content (AvgIpc) is 3.20. The third-order valence-corrected chi connectivity index (χ3v) is 5.99. The van der Waals surface area contributed by atoms with E-state index in [1.165, 1.54) is 12.3 Å². The van der Waals surface area contributed by atoms with Crippen molar-refractivity contribution in [3.05, 3.63) is 75.8 Å². The molecule has 0 aliphatic heterocycles. The number of rotatable bonds is 9. The molecular weight excluding hydrogens is 565 g/mol. The Morgan fingerprint density at radius 2 is 1.92 bits per heavy atom. The van der Waals surface area contributed by atoms with Crippen molar-refractivity contribution in [2.45, 2.75) is 25.4 Å². The number of nitrogens with two attached hydrogens (primary N) is 1. The van der Waals surface area contributed by atoms with Crippen LogP contribution in [0.15, 0.2) is 57.1 Å². The molecule has 0 aliphatic rings. The molecule has 3 aromatic rings. The van der Waals surface area contributed by atoms with Crippen LogP contribution in [0.3, 0.4) is 0 Å². The number of aromatic amines is 1. The SMILES string of the molecule is CCC(/C(=C/Nc1ccc(F)c(F)c1)N=N)c1[nH]c(/C(N)=N\C=N)c(-c2cnc(C(F)(F)F)nc2)c1Br. The molecule has 0 fully saturated rings. The molecule has 0 saturated carbocycles. The van der Waals surface area contributed by atoms with E-state index in [0.717, 1.165) is 24.5 Å². The van der Waals surface area contributed by atoms with E-state index in [-0.39, 0.29) is 34.0 Å². The molecule has 0 amide bonds. The molecule has 1 aromatic carbocycles. The van der Waals surface area contributed by atoms with Crippen molar-refractivity contribution in [2.24, 2.45) is 15.8 Å². The molecule has 1 unspecified atom stereocenters. The summed E-state index contributed by atoms with van der Waals surface area (Å²) in [7, 11) is 0. The van der Waals surface area contributed by atoms with Crippen molar-refractivity contribution >= 4 is 33.8 Å². The lowest BCUT2D eigenvalue weighted by molar-refractivity contribution is -0.144. The number of alkyl halides is 3. The van der Waals surface area contributed by atoms with Gasteiger partial charge in [0.1, 0.15) is 12.2 Å². The summed E-state index contributed by atoms with van der Waals surface area (Å²) in [6, 6.07) is 3.18. The van der Waals surface area contributed by atoms with Crippen molar-refractivity contribution in [3.8, 4) is 11.1 Å². The lowest BCUT2D eigenvalue weighted by Gasteiger charge is -2.15. The highest BCUT2D eigenvalue weighted by Gasteiger charge is 2.35. The maximum atomic E-state index is 13.5. The Morgan fingerprint density at radius 1 is 1.24 bits per heavy atom. The van der Waals surface area contributed by atoms with Gasteiger partial charge in [0.2, 0.25) is 5.82 Å². The third kappa shape index (κ3) is 6.04. The normalized spacial score (nSPS) is 13.4. The fourth-order valence-electron chi connectivity index (χ4n) is 3.45. The molecule has 0 radical (unpaired) electrons. The maximum absolute atomic E-state index is 13.5. The van der Waals surface area contributed by atoms with Crippen LogP contribution in [0.25, 0.3) is 11.1 Å². The summed E-state index contributed by atoms with van der Waals surface area (Å²) in [5, 5.41) is 13.5. The second-order valence-electron chi connectivity index (χ2n) is 7.45. The number of H-pyrrole nitrogens is 1. The van der Waals surface area contributed by atoms with Crippen LogP contribution in [0.4, 0.5) is 27.6 Å². The third-order valence-electron chi connectivity index (χ3n) is 5.17. The summed E-state index contributed by atoms with van der Waals surface area (Å²) in [6.07, 6.45) is -0.346. The first kappa shape index (κ1) is 27.6. The van der Waals surface area contributed by atoms with Crippen molar-refractivity contribution in [2.75, 3.05) is 5.32 Å². The summed E-state index contributed by atoms with van der Waals surface area (Å²) in [5.74, 6) is -4.13. The number of aromatic nitrogens is 3. The van der Waals surface area contributed by atoms with Gasteiger partial charge in [0, 0.05) is 57.6 Å². The Hall–Kier alpha value is -4.01. The predicted molar refractivity (Wildman–Crippen MR) is 130 cm³/mol. The first-order valence-electron chi connectivity index (χ1n) is 10.4. The molecule has 6 N–H and O–H groups in total. The Kier molecular flexibility index (Phi) is 8.47. The Bertz CT molecular complexity index is 1360. The highest BCUT2D eigenvalue weighted by molar-refractivity contribution is 9.10. The lowest BCUT2D eigenvalue weighted by Crippen LogP contribution is -2.16. The summed E-state index contributed by atoms with van der Waals surface area (Å²) < 4.78 is 66.0. The number of anilines is 1. The number of aliphatic imine (C=N–C) groups is 1. The smallest absolute Gasteiger partial charge is 0.382 e. The number of hydrogen-bond donors (Lipinski definition) is 5. The summed E-state index contributed by atoms with van der Waals surface area (Å²) in [5.41, 5.74) is 15.1. The Labute approximate surface area is 215 Å². The first-order valence-corrected chi connectivity index (χ1v) is 11.2. The molecule has 9 nitrogen and oxygen atoms in total. The van der Waals surface area contributed by atoms with Crippen molar-refractivity contribution < 1.29 is 22.0 Å². The highest BCUT2D eigenvalue weighted by Crippen LogP contribution is 2.41. The zero-order valence-corrected chi connectivity index (χ0v) is 20.5. The van der Waals surface area contributed by atoms with Crippen LogP contribution in [0.5, 0.6) is 0 Å². The number of halogens is 6. The van der Waals surface area contributed by atoms with Gasteiger partial charge in [-0.05, 0) is 34.5 Å². The van der Waals surface area contributed by atoms with Crippen molar-refractivity contribution in [1.82, 2.24) is 15.0 Å². The van der Waals surface area contributed by atoms with Gasteiger partial charge in [0.25, 0.3) is 0 Å². The molecule has 2 heterocycles. The molecule has 0 spiro atoms. The standard InChI is InChI=1S/C22H19BrF5N9/c1-2-12(15(37-31)8-32-11-3-4-13(24)14(25)5-11)18-17(23)16(19(36-18)20(30)35-9-29)10-6-33-21(34-7-10)22(26,27)28/h3-9,12,31-32,36H,2H2,1H3,(H3,29,30,35)/b15-8-,37-31?. The molecule has 194 valence electrons. The van der Waals surface area contributed by atoms with Gasteiger partial charge < -0.3 is 16.0 Å². The fraction of sp³-hybridized carbons (Fsp3) is 0.182. The largest absolute Gasteiger partial charge is 0.451 e. The second-order valence-corrected chi connectivity index (χ2v) is 8.25. The van der Waals surface area contributed by atoms with Crippen molar-refractivity contribution in [3.63, 3.8) is 0 Å². The molecule has 0 bridgehead atoms. The lowest BCUT2D eigenvalue weighted by atomic mass is 9.98. The van der Waals surface area contributed by atoms with E-state index in [1.54, 1.807) is 6.92 Å². The van der Waals surface area contributed by atoms with Gasteiger partial charge in [0.15, 0.2) is 11.6 Å². The molecule has 3 rings (SSSR count). The number of amidine groups is 1. The summed E-state index contributed by atoms with van der Waals surface area (Å²) in [6.45, 7) is 1.80. The zero-order chi connectivity index (χ0) is 27.3. The quantitative estimate of drug-likeness (QED) is 0.0865. The molecule has 1 atom stereocenters. The first-order chi connectivity index (χ1) is 17.5. The molecule has 0 saturated heterocycles. The van der Waals surface area contributed by atoms with E-state index in [1.807, 2.05) is 0 Å². The van der Waals surface area contributed by atoms with Crippen molar-refractivity contribution in [1.29, 1.82) is 10.9 Å². The predicted octanol–water partition coefficient (Wildman–Crippen LogP) is 6.32.